The Balaban J connectivity index is 2.22. The summed E-state index contributed by atoms with van der Waals surface area (Å²) in [6.07, 6.45) is 1.46. The van der Waals surface area contributed by atoms with Gasteiger partial charge in [0.15, 0.2) is 5.17 Å². The molecule has 0 aromatic carbocycles. The van der Waals surface area contributed by atoms with Crippen molar-refractivity contribution in [1.29, 1.82) is 0 Å². The van der Waals surface area contributed by atoms with Crippen LogP contribution in [0.5, 0.6) is 0 Å². The molecule has 0 aliphatic carbocycles. The van der Waals surface area contributed by atoms with Gasteiger partial charge in [-0.1, -0.05) is 29.8 Å². The van der Waals surface area contributed by atoms with Crippen LogP contribution in [0.3, 0.4) is 0 Å². The fraction of sp³-hybridized carbons (Fsp3) is 0.333. The Bertz CT molecular complexity index is 381. The Labute approximate surface area is 109 Å². The lowest BCUT2D eigenvalue weighted by Gasteiger charge is -2.23. The molecule has 1 aliphatic rings. The highest BCUT2D eigenvalue weighted by molar-refractivity contribution is 6.69. The molecular weight excluding hydrogens is 267 g/mol. The third kappa shape index (κ3) is 5.08. The number of rotatable bonds is 5. The molecule has 94 valence electrons. The van der Waals surface area contributed by atoms with Crippen molar-refractivity contribution in [2.75, 3.05) is 13.2 Å². The Morgan fingerprint density at radius 1 is 1.71 bits per heavy atom. The van der Waals surface area contributed by atoms with Crippen molar-refractivity contribution in [3.05, 3.63) is 23.4 Å². The molecule has 1 aliphatic heterocycles. The summed E-state index contributed by atoms with van der Waals surface area (Å²) in [5.74, 6) is -0.433. The molecule has 0 unspecified atom stereocenters. The van der Waals surface area contributed by atoms with Crippen molar-refractivity contribution in [1.82, 2.24) is 16.1 Å². The average molecular weight is 279 g/mol. The number of carbonyl (C=O) groups excluding carboxylic acids is 1. The summed E-state index contributed by atoms with van der Waals surface area (Å²) in [5, 5.41) is 5.66. The number of esters is 1. The van der Waals surface area contributed by atoms with E-state index in [-0.39, 0.29) is 11.8 Å². The van der Waals surface area contributed by atoms with Gasteiger partial charge in [0.05, 0.1) is 6.54 Å². The normalized spacial score (nSPS) is 14.6. The average Bonchev–Trinajstić information content (AvgIpc) is 2.22. The third-order valence-corrected chi connectivity index (χ3v) is 1.98. The largest absolute Gasteiger partial charge is 0.461 e. The van der Waals surface area contributed by atoms with Crippen LogP contribution >= 0.6 is 23.2 Å². The minimum absolute atomic E-state index is 0.179. The van der Waals surface area contributed by atoms with Gasteiger partial charge in [0, 0.05) is 11.6 Å². The quantitative estimate of drug-likeness (QED) is 0.341. The molecule has 0 amide bonds. The molecule has 0 radical (unpaired) electrons. The first-order chi connectivity index (χ1) is 7.99. The van der Waals surface area contributed by atoms with E-state index in [4.69, 9.17) is 27.9 Å². The van der Waals surface area contributed by atoms with Gasteiger partial charge in [-0.05, 0) is 6.92 Å². The maximum Gasteiger partial charge on any atom is 0.333 e. The standard InChI is InChI=1S/C9H12Cl2N4O2/c1-6(2)9(16)17-4-3-12-15-13-7(10)5-8(11)14-15/h5,12-13H,1,3-4H2,2H3. The first-order valence-electron chi connectivity index (χ1n) is 4.73. The van der Waals surface area contributed by atoms with Gasteiger partial charge in [-0.15, -0.1) is 10.3 Å². The van der Waals surface area contributed by atoms with Crippen LogP contribution in [0, 0.1) is 0 Å². The lowest BCUT2D eigenvalue weighted by molar-refractivity contribution is -0.139. The maximum absolute atomic E-state index is 11.0. The highest BCUT2D eigenvalue weighted by Crippen LogP contribution is 2.06. The van der Waals surface area contributed by atoms with Crippen LogP contribution in [0.25, 0.3) is 0 Å². The molecule has 0 aromatic rings. The Morgan fingerprint density at radius 2 is 2.41 bits per heavy atom. The molecule has 0 spiro atoms. The number of hydrogen-bond donors (Lipinski definition) is 2. The third-order valence-electron chi connectivity index (χ3n) is 1.60. The van der Waals surface area contributed by atoms with E-state index in [9.17, 15) is 4.79 Å². The molecule has 0 fully saturated rings. The van der Waals surface area contributed by atoms with E-state index < -0.39 is 5.97 Å². The maximum atomic E-state index is 11.0. The molecule has 0 bridgehead atoms. The Kier molecular flexibility index (Phi) is 5.27. The fourth-order valence-electron chi connectivity index (χ4n) is 0.881. The second-order valence-corrected chi connectivity index (χ2v) is 3.96. The monoisotopic (exact) mass is 278 g/mol. The van der Waals surface area contributed by atoms with Gasteiger partial charge >= 0.3 is 5.97 Å². The van der Waals surface area contributed by atoms with Gasteiger partial charge < -0.3 is 4.74 Å². The van der Waals surface area contributed by atoms with Gasteiger partial charge in [-0.3, -0.25) is 5.43 Å². The second kappa shape index (κ2) is 6.48. The van der Waals surface area contributed by atoms with Crippen molar-refractivity contribution < 1.29 is 9.53 Å². The number of allylic oxidation sites excluding steroid dienone is 1. The molecular formula is C9H12Cl2N4O2. The summed E-state index contributed by atoms with van der Waals surface area (Å²) in [7, 11) is 0. The SMILES string of the molecule is C=C(C)C(=O)OCCNN1N=C(Cl)C=C(Cl)N1. The van der Waals surface area contributed by atoms with Crippen LogP contribution in [0.4, 0.5) is 0 Å². The smallest absolute Gasteiger partial charge is 0.333 e. The van der Waals surface area contributed by atoms with Crippen molar-refractivity contribution in [2.24, 2.45) is 5.10 Å². The molecule has 0 saturated carbocycles. The Hall–Kier alpha value is -1.24. The molecule has 6 nitrogen and oxygen atoms in total. The molecule has 1 rings (SSSR count). The topological polar surface area (TPSA) is 66.0 Å². The van der Waals surface area contributed by atoms with E-state index in [0.717, 1.165) is 0 Å². The van der Waals surface area contributed by atoms with Crippen molar-refractivity contribution in [3.63, 3.8) is 0 Å². The number of halogens is 2. The van der Waals surface area contributed by atoms with Crippen LogP contribution < -0.4 is 10.9 Å². The summed E-state index contributed by atoms with van der Waals surface area (Å²) in [6.45, 7) is 5.57. The van der Waals surface area contributed by atoms with E-state index in [2.05, 4.69) is 22.5 Å². The molecule has 0 aromatic heterocycles. The minimum atomic E-state index is -0.433. The van der Waals surface area contributed by atoms with Gasteiger partial charge in [-0.2, -0.15) is 5.43 Å². The van der Waals surface area contributed by atoms with Gasteiger partial charge in [0.1, 0.15) is 11.8 Å². The van der Waals surface area contributed by atoms with Crippen LogP contribution in [0.2, 0.25) is 0 Å². The summed E-state index contributed by atoms with van der Waals surface area (Å²) in [4.78, 5) is 11.0. The molecule has 0 saturated heterocycles. The molecule has 0 atom stereocenters. The lowest BCUT2D eigenvalue weighted by Crippen LogP contribution is -2.46. The summed E-state index contributed by atoms with van der Waals surface area (Å²) >= 11 is 11.4. The summed E-state index contributed by atoms with van der Waals surface area (Å²) < 4.78 is 4.86. The van der Waals surface area contributed by atoms with Crippen molar-refractivity contribution in [3.8, 4) is 0 Å². The molecule has 8 heteroatoms. The van der Waals surface area contributed by atoms with E-state index in [1.807, 2.05) is 0 Å². The minimum Gasteiger partial charge on any atom is -0.461 e. The zero-order valence-electron chi connectivity index (χ0n) is 9.17. The van der Waals surface area contributed by atoms with Crippen molar-refractivity contribution >= 4 is 34.3 Å². The molecule has 2 N–H and O–H groups in total. The molecule has 1 heterocycles. The molecule has 17 heavy (non-hydrogen) atoms. The first kappa shape index (κ1) is 13.8. The number of hydrogen-bond acceptors (Lipinski definition) is 6. The van der Waals surface area contributed by atoms with Crippen LogP contribution in [-0.2, 0) is 9.53 Å². The zero-order chi connectivity index (χ0) is 12.8. The Morgan fingerprint density at radius 3 is 3.00 bits per heavy atom. The number of nitrogens with one attached hydrogen (secondary N) is 2. The summed E-state index contributed by atoms with van der Waals surface area (Å²) in [6, 6.07) is 0. The van der Waals surface area contributed by atoms with E-state index in [1.54, 1.807) is 6.92 Å². The van der Waals surface area contributed by atoms with Crippen LogP contribution in [0.1, 0.15) is 6.92 Å². The van der Waals surface area contributed by atoms with Crippen LogP contribution in [-0.4, -0.2) is 29.5 Å². The van der Waals surface area contributed by atoms with Gasteiger partial charge in [-0.25, -0.2) is 4.79 Å². The summed E-state index contributed by atoms with van der Waals surface area (Å²) in [5.41, 5.74) is 5.83. The van der Waals surface area contributed by atoms with E-state index >= 15 is 0 Å². The number of nitrogens with zero attached hydrogens (tertiary/aromatic N) is 2. The highest BCUT2D eigenvalue weighted by Gasteiger charge is 2.09. The fourth-order valence-corrected chi connectivity index (χ4v) is 1.30. The van der Waals surface area contributed by atoms with E-state index in [0.29, 0.717) is 17.3 Å². The van der Waals surface area contributed by atoms with Gasteiger partial charge in [0.25, 0.3) is 0 Å². The van der Waals surface area contributed by atoms with Crippen LogP contribution in [0.15, 0.2) is 28.5 Å². The number of carbonyl (C=O) groups is 1. The predicted molar refractivity (Wildman–Crippen MR) is 66.0 cm³/mol. The van der Waals surface area contributed by atoms with Gasteiger partial charge in [0.2, 0.25) is 0 Å². The highest BCUT2D eigenvalue weighted by atomic mass is 35.5. The lowest BCUT2D eigenvalue weighted by atomic mass is 10.4. The number of ether oxygens (including phenoxy) is 1. The van der Waals surface area contributed by atoms with E-state index in [1.165, 1.54) is 11.3 Å². The predicted octanol–water partition coefficient (Wildman–Crippen LogP) is 1.06. The first-order valence-corrected chi connectivity index (χ1v) is 5.49. The van der Waals surface area contributed by atoms with Crippen molar-refractivity contribution in [2.45, 2.75) is 6.92 Å². The number of hydrazone groups is 1. The number of hydrazine groups is 2. The second-order valence-electron chi connectivity index (χ2n) is 3.16. The zero-order valence-corrected chi connectivity index (χ0v) is 10.7.